The Bertz CT molecular complexity index is 665. The predicted octanol–water partition coefficient (Wildman–Crippen LogP) is 1.97. The number of aromatic nitrogens is 1. The van der Waals surface area contributed by atoms with Crippen molar-refractivity contribution in [1.29, 1.82) is 0 Å². The molecule has 0 aliphatic rings. The summed E-state index contributed by atoms with van der Waals surface area (Å²) in [6, 6.07) is 5.17. The van der Waals surface area contributed by atoms with Crippen molar-refractivity contribution in [2.75, 3.05) is 11.8 Å². The summed E-state index contributed by atoms with van der Waals surface area (Å²) in [5.41, 5.74) is 1.38. The van der Waals surface area contributed by atoms with Crippen molar-refractivity contribution in [1.82, 2.24) is 10.3 Å². The monoisotopic (exact) mass is 297 g/mol. The van der Waals surface area contributed by atoms with Gasteiger partial charge in [-0.05, 0) is 37.7 Å². The second-order valence-corrected chi connectivity index (χ2v) is 7.19. The number of hydrogen-bond acceptors (Lipinski definition) is 5. The van der Waals surface area contributed by atoms with Gasteiger partial charge in [0.05, 0.1) is 11.9 Å². The second kappa shape index (κ2) is 5.68. The van der Waals surface area contributed by atoms with Crippen molar-refractivity contribution in [2.24, 2.45) is 0 Å². The zero-order valence-corrected chi connectivity index (χ0v) is 12.3. The minimum Gasteiger partial charge on any atom is -0.315 e. The van der Waals surface area contributed by atoms with Gasteiger partial charge in [0.15, 0.2) is 0 Å². The molecule has 0 aliphatic carbocycles. The molecule has 2 rings (SSSR count). The molecule has 0 spiro atoms. The number of nitrogens with zero attached hydrogens (tertiary/aromatic N) is 1. The molecule has 2 N–H and O–H groups in total. The predicted molar refractivity (Wildman–Crippen MR) is 76.9 cm³/mol. The molecule has 0 aromatic carbocycles. The topological polar surface area (TPSA) is 71.1 Å². The molecule has 5 nitrogen and oxygen atoms in total. The molecule has 0 amide bonds. The van der Waals surface area contributed by atoms with Gasteiger partial charge < -0.3 is 5.32 Å². The lowest BCUT2D eigenvalue weighted by molar-refractivity contribution is 0.603. The smallest absolute Gasteiger partial charge is 0.271 e. The van der Waals surface area contributed by atoms with Crippen LogP contribution < -0.4 is 10.0 Å². The van der Waals surface area contributed by atoms with E-state index in [1.165, 1.54) is 17.5 Å². The Morgan fingerprint density at radius 1 is 1.32 bits per heavy atom. The molecule has 0 saturated carbocycles. The fraction of sp³-hybridized carbons (Fsp3) is 0.250. The number of hydrogen-bond donors (Lipinski definition) is 2. The number of sulfonamides is 1. The van der Waals surface area contributed by atoms with E-state index in [4.69, 9.17) is 0 Å². The number of pyridine rings is 1. The van der Waals surface area contributed by atoms with Crippen molar-refractivity contribution in [3.8, 4) is 0 Å². The maximum absolute atomic E-state index is 12.2. The Hall–Kier alpha value is -1.44. The molecule has 2 heterocycles. The Morgan fingerprint density at radius 3 is 2.79 bits per heavy atom. The zero-order chi connectivity index (χ0) is 13.9. The first kappa shape index (κ1) is 14.0. The van der Waals surface area contributed by atoms with Crippen molar-refractivity contribution in [2.45, 2.75) is 17.7 Å². The van der Waals surface area contributed by atoms with Crippen LogP contribution in [0.3, 0.4) is 0 Å². The maximum atomic E-state index is 12.2. The van der Waals surface area contributed by atoms with Gasteiger partial charge in [-0.15, -0.1) is 11.3 Å². The maximum Gasteiger partial charge on any atom is 0.271 e. The Labute approximate surface area is 116 Å². The fourth-order valence-corrected chi connectivity index (χ4v) is 3.99. The first-order valence-corrected chi connectivity index (χ1v) is 7.99. The number of thiophene rings is 1. The van der Waals surface area contributed by atoms with Gasteiger partial charge in [0.2, 0.25) is 0 Å². The van der Waals surface area contributed by atoms with E-state index in [2.05, 4.69) is 15.0 Å². The van der Waals surface area contributed by atoms with E-state index >= 15 is 0 Å². The highest BCUT2D eigenvalue weighted by Gasteiger charge is 2.17. The van der Waals surface area contributed by atoms with Crippen LogP contribution in [0.2, 0.25) is 0 Å². The number of rotatable bonds is 5. The molecule has 2 aromatic heterocycles. The van der Waals surface area contributed by atoms with Gasteiger partial charge in [-0.2, -0.15) is 0 Å². The summed E-state index contributed by atoms with van der Waals surface area (Å²) in [6.07, 6.45) is 3.17. The third kappa shape index (κ3) is 3.52. The molecule has 19 heavy (non-hydrogen) atoms. The largest absolute Gasteiger partial charge is 0.315 e. The van der Waals surface area contributed by atoms with Crippen molar-refractivity contribution in [3.63, 3.8) is 0 Å². The fourth-order valence-electron chi connectivity index (χ4n) is 1.59. The highest BCUT2D eigenvalue weighted by Crippen LogP contribution is 2.24. The van der Waals surface area contributed by atoms with Crippen LogP contribution in [0.15, 0.2) is 34.8 Å². The molecule has 0 radical (unpaired) electrons. The standard InChI is InChI=1S/C12H15N3O2S2/c1-9-5-10(7-14-6-9)15-19(16,17)12-4-3-11(18-12)8-13-2/h3-7,13,15H,8H2,1-2H3. The number of anilines is 1. The van der Waals surface area contributed by atoms with Gasteiger partial charge in [-0.25, -0.2) is 8.42 Å². The molecule has 102 valence electrons. The summed E-state index contributed by atoms with van der Waals surface area (Å²) < 4.78 is 27.2. The van der Waals surface area contributed by atoms with Crippen LogP contribution in [0.4, 0.5) is 5.69 Å². The third-order valence-electron chi connectivity index (χ3n) is 2.38. The minimum atomic E-state index is -3.53. The highest BCUT2D eigenvalue weighted by molar-refractivity contribution is 7.94. The van der Waals surface area contributed by atoms with E-state index in [1.807, 2.05) is 20.0 Å². The molecule has 0 saturated heterocycles. The lowest BCUT2D eigenvalue weighted by Gasteiger charge is -2.06. The number of nitrogens with one attached hydrogen (secondary N) is 2. The van der Waals surface area contributed by atoms with Gasteiger partial charge >= 0.3 is 0 Å². The van der Waals surface area contributed by atoms with Gasteiger partial charge in [-0.3, -0.25) is 9.71 Å². The summed E-state index contributed by atoms with van der Waals surface area (Å²) in [5.74, 6) is 0. The SMILES string of the molecule is CNCc1ccc(S(=O)(=O)Nc2cncc(C)c2)s1. The summed E-state index contributed by atoms with van der Waals surface area (Å²) in [4.78, 5) is 4.94. The van der Waals surface area contributed by atoms with Crippen LogP contribution in [-0.2, 0) is 16.6 Å². The molecule has 0 bridgehead atoms. The van der Waals surface area contributed by atoms with Gasteiger partial charge in [-0.1, -0.05) is 0 Å². The first-order chi connectivity index (χ1) is 9.01. The van der Waals surface area contributed by atoms with E-state index in [0.29, 0.717) is 16.4 Å². The lowest BCUT2D eigenvalue weighted by Crippen LogP contribution is -2.11. The quantitative estimate of drug-likeness (QED) is 0.885. The van der Waals surface area contributed by atoms with E-state index in [1.54, 1.807) is 18.3 Å². The van der Waals surface area contributed by atoms with Crippen molar-refractivity contribution >= 4 is 27.0 Å². The molecule has 0 unspecified atom stereocenters. The molecular formula is C12H15N3O2S2. The van der Waals surface area contributed by atoms with Crippen LogP contribution >= 0.6 is 11.3 Å². The third-order valence-corrected chi connectivity index (χ3v) is 5.34. The number of aryl methyl sites for hydroxylation is 1. The molecule has 0 aliphatic heterocycles. The van der Waals surface area contributed by atoms with Crippen LogP contribution in [0, 0.1) is 6.92 Å². The average Bonchev–Trinajstić information content (AvgIpc) is 2.78. The van der Waals surface area contributed by atoms with Crippen LogP contribution in [-0.4, -0.2) is 20.4 Å². The molecule has 0 atom stereocenters. The average molecular weight is 297 g/mol. The van der Waals surface area contributed by atoms with Crippen LogP contribution in [0.5, 0.6) is 0 Å². The Kier molecular flexibility index (Phi) is 4.18. The summed E-state index contributed by atoms with van der Waals surface area (Å²) in [7, 11) is -1.70. The van der Waals surface area contributed by atoms with E-state index < -0.39 is 10.0 Å². The van der Waals surface area contributed by atoms with E-state index in [0.717, 1.165) is 10.4 Å². The van der Waals surface area contributed by atoms with Gasteiger partial charge in [0.25, 0.3) is 10.0 Å². The van der Waals surface area contributed by atoms with Gasteiger partial charge in [0, 0.05) is 17.6 Å². The molecule has 7 heteroatoms. The van der Waals surface area contributed by atoms with Crippen LogP contribution in [0.1, 0.15) is 10.4 Å². The summed E-state index contributed by atoms with van der Waals surface area (Å²) >= 11 is 1.25. The van der Waals surface area contributed by atoms with E-state index in [9.17, 15) is 8.42 Å². The van der Waals surface area contributed by atoms with E-state index in [-0.39, 0.29) is 0 Å². The van der Waals surface area contributed by atoms with Crippen molar-refractivity contribution in [3.05, 3.63) is 41.0 Å². The first-order valence-electron chi connectivity index (χ1n) is 5.69. The lowest BCUT2D eigenvalue weighted by atomic mass is 10.3. The summed E-state index contributed by atoms with van der Waals surface area (Å²) in [6.45, 7) is 2.52. The molecular weight excluding hydrogens is 282 g/mol. The van der Waals surface area contributed by atoms with Crippen molar-refractivity contribution < 1.29 is 8.42 Å². The Morgan fingerprint density at radius 2 is 2.11 bits per heavy atom. The van der Waals surface area contributed by atoms with Crippen LogP contribution in [0.25, 0.3) is 0 Å². The normalized spacial score (nSPS) is 11.5. The summed E-state index contributed by atoms with van der Waals surface area (Å²) in [5, 5.41) is 2.99. The van der Waals surface area contributed by atoms with Gasteiger partial charge in [0.1, 0.15) is 4.21 Å². The minimum absolute atomic E-state index is 0.305. The molecule has 2 aromatic rings. The Balaban J connectivity index is 2.22. The zero-order valence-electron chi connectivity index (χ0n) is 10.7. The molecule has 0 fully saturated rings. The highest BCUT2D eigenvalue weighted by atomic mass is 32.2. The second-order valence-electron chi connectivity index (χ2n) is 4.11.